The molecule has 3 N–H and O–H groups in total. The summed E-state index contributed by atoms with van der Waals surface area (Å²) in [5, 5.41) is 0. The first-order chi connectivity index (χ1) is 3.06. The van der Waals surface area contributed by atoms with Crippen LogP contribution in [0.1, 0.15) is 0 Å². The number of hydrogen-bond donors (Lipinski definition) is 4. The molecule has 7 heteroatoms. The molecule has 0 unspecified atom stereocenters. The molecule has 7 heavy (non-hydrogen) atoms. The Kier molecular flexibility index (Phi) is 2.82. The smallest absolute Gasteiger partial charge is 0.302 e. The van der Waals surface area contributed by atoms with Gasteiger partial charge in [-0.15, -0.1) is 4.89 Å². The Bertz CT molecular complexity index is 85.7. The van der Waals surface area contributed by atoms with Crippen molar-refractivity contribution in [2.24, 2.45) is 0 Å². The summed E-state index contributed by atoms with van der Waals surface area (Å²) in [5.74, 6) is 0. The van der Waals surface area contributed by atoms with Crippen molar-refractivity contribution in [2.75, 3.05) is 0 Å². The van der Waals surface area contributed by atoms with Gasteiger partial charge in [-0.2, -0.15) is 4.62 Å². The predicted molar refractivity (Wildman–Crippen MR) is 25.3 cm³/mol. The van der Waals surface area contributed by atoms with Gasteiger partial charge in [-0.1, -0.05) is 12.8 Å². The van der Waals surface area contributed by atoms with Gasteiger partial charge in [0.25, 0.3) is 0 Å². The Labute approximate surface area is 45.4 Å². The average molecular weight is 145 g/mol. The molecule has 0 aliphatic rings. The molecule has 0 rings (SSSR count). The van der Waals surface area contributed by atoms with Crippen LogP contribution in [0.3, 0.4) is 0 Å². The topological polar surface area (TPSA) is 78.8 Å². The summed E-state index contributed by atoms with van der Waals surface area (Å²) >= 11 is 3.15. The Balaban J connectivity index is 3.36. The Morgan fingerprint density at radius 1 is 1.71 bits per heavy atom. The summed E-state index contributed by atoms with van der Waals surface area (Å²) in [6, 6.07) is 0. The van der Waals surface area contributed by atoms with E-state index < -0.39 is 7.82 Å². The van der Waals surface area contributed by atoms with Crippen LogP contribution in [-0.2, 0) is 9.19 Å². The third kappa shape index (κ3) is 6.42. The molecule has 0 saturated heterocycles. The van der Waals surface area contributed by atoms with E-state index >= 15 is 0 Å². The Morgan fingerprint density at radius 3 is 2.14 bits per heavy atom. The zero-order valence-corrected chi connectivity index (χ0v) is 4.89. The lowest BCUT2D eigenvalue weighted by Gasteiger charge is -1.97. The molecule has 0 aliphatic heterocycles. The van der Waals surface area contributed by atoms with Gasteiger partial charge in [0.2, 0.25) is 0 Å². The summed E-state index contributed by atoms with van der Waals surface area (Å²) in [6.07, 6.45) is 0. The Morgan fingerprint density at radius 2 is 2.14 bits per heavy atom. The first kappa shape index (κ1) is 7.42. The maximum absolute atomic E-state index is 9.59. The summed E-state index contributed by atoms with van der Waals surface area (Å²) in [4.78, 5) is 17.1. The minimum Gasteiger partial charge on any atom is -0.302 e. The third-order valence-electron chi connectivity index (χ3n) is 0.160. The molecule has 0 aromatic heterocycles. The molecule has 0 aromatic rings. The minimum absolute atomic E-state index is 1.54. The molecule has 0 aromatic carbocycles. The van der Waals surface area contributed by atoms with Crippen molar-refractivity contribution in [3.05, 3.63) is 0 Å². The third-order valence-corrected chi connectivity index (χ3v) is 0.724. The molecule has 0 aliphatic carbocycles. The van der Waals surface area contributed by atoms with Gasteiger partial charge in [-0.3, -0.25) is 0 Å². The molecule has 5 nitrogen and oxygen atoms in total. The second-order valence-corrected chi connectivity index (χ2v) is 2.02. The highest BCUT2D eigenvalue weighted by Gasteiger charge is 2.11. The van der Waals surface area contributed by atoms with Crippen molar-refractivity contribution in [3.63, 3.8) is 0 Å². The van der Waals surface area contributed by atoms with Crippen LogP contribution >= 0.6 is 20.6 Å². The van der Waals surface area contributed by atoms with Crippen molar-refractivity contribution in [1.29, 1.82) is 0 Å². The van der Waals surface area contributed by atoms with Crippen LogP contribution in [0.4, 0.5) is 0 Å². The van der Waals surface area contributed by atoms with E-state index in [0.29, 0.717) is 0 Å². The number of phosphoric acid groups is 1. The van der Waals surface area contributed by atoms with Crippen molar-refractivity contribution in [2.45, 2.75) is 0 Å². The molecule has 0 atom stereocenters. The first-order valence-electron chi connectivity index (χ1n) is 1.19. The Hall–Kier alpha value is 0.420. The van der Waals surface area contributed by atoms with E-state index in [9.17, 15) is 4.57 Å². The fourth-order valence-electron chi connectivity index (χ4n) is 0.0532. The summed E-state index contributed by atoms with van der Waals surface area (Å²) in [6.45, 7) is 0. The molecular weight excluding hydrogens is 141 g/mol. The number of nitrogens with one attached hydrogen (secondary N) is 1. The van der Waals surface area contributed by atoms with Gasteiger partial charge in [-0.05, 0) is 0 Å². The highest BCUT2D eigenvalue weighted by Crippen LogP contribution is 2.33. The van der Waals surface area contributed by atoms with Crippen molar-refractivity contribution < 1.29 is 19.0 Å². The second kappa shape index (κ2) is 2.66. The lowest BCUT2D eigenvalue weighted by Crippen LogP contribution is -1.96. The summed E-state index contributed by atoms with van der Waals surface area (Å²) in [5.41, 5.74) is 0. The molecule has 0 radical (unpaired) electrons. The van der Waals surface area contributed by atoms with E-state index in [1.807, 2.05) is 0 Å². The van der Waals surface area contributed by atoms with Crippen molar-refractivity contribution in [3.8, 4) is 0 Å². The standard InChI is InChI=1S/H4NO4PS/c2-6(3,4)5-1-7/h1,7H,(H2,2,3,4). The normalized spacial score (nSPS) is 11.9. The van der Waals surface area contributed by atoms with Crippen molar-refractivity contribution >= 4 is 20.6 Å². The van der Waals surface area contributed by atoms with E-state index in [1.54, 1.807) is 0 Å². The fourth-order valence-corrected chi connectivity index (χ4v) is 0.479. The molecule has 0 fully saturated rings. The van der Waals surface area contributed by atoms with E-state index in [1.165, 1.54) is 4.89 Å². The fraction of sp³-hybridized carbons (Fsp3) is 0. The number of hydrogen-bond acceptors (Lipinski definition) is 4. The van der Waals surface area contributed by atoms with Gasteiger partial charge >= 0.3 is 7.82 Å². The molecule has 0 spiro atoms. The van der Waals surface area contributed by atoms with Gasteiger partial charge in [0.15, 0.2) is 0 Å². The molecule has 0 amide bonds. The van der Waals surface area contributed by atoms with Crippen molar-refractivity contribution in [1.82, 2.24) is 4.89 Å². The van der Waals surface area contributed by atoms with Gasteiger partial charge in [0.05, 0.1) is 0 Å². The maximum atomic E-state index is 9.59. The van der Waals surface area contributed by atoms with Crippen LogP contribution in [0.5, 0.6) is 0 Å². The number of rotatable bonds is 2. The van der Waals surface area contributed by atoms with Crippen LogP contribution in [0.25, 0.3) is 0 Å². The highest BCUT2D eigenvalue weighted by atomic mass is 32.1. The molecule has 44 valence electrons. The monoisotopic (exact) mass is 145 g/mol. The van der Waals surface area contributed by atoms with Crippen LogP contribution in [-0.4, -0.2) is 9.79 Å². The van der Waals surface area contributed by atoms with Crippen LogP contribution in [0.2, 0.25) is 0 Å². The van der Waals surface area contributed by atoms with E-state index in [0.717, 1.165) is 0 Å². The predicted octanol–water partition coefficient (Wildman–Crippen LogP) is -0.555. The van der Waals surface area contributed by atoms with Gasteiger partial charge in [-0.25, -0.2) is 4.57 Å². The van der Waals surface area contributed by atoms with E-state index in [4.69, 9.17) is 9.79 Å². The van der Waals surface area contributed by atoms with Crippen LogP contribution in [0, 0.1) is 0 Å². The van der Waals surface area contributed by atoms with Gasteiger partial charge < -0.3 is 9.79 Å². The largest absolute Gasteiger partial charge is 0.486 e. The average Bonchev–Trinajstić information content (AvgIpc) is 1.30. The zero-order chi connectivity index (χ0) is 5.91. The van der Waals surface area contributed by atoms with Gasteiger partial charge in [0, 0.05) is 0 Å². The molecule has 0 bridgehead atoms. The van der Waals surface area contributed by atoms with Crippen LogP contribution < -0.4 is 4.89 Å². The van der Waals surface area contributed by atoms with Gasteiger partial charge in [0.1, 0.15) is 0 Å². The molecule has 0 saturated carbocycles. The lowest BCUT2D eigenvalue weighted by atomic mass is 13.5. The maximum Gasteiger partial charge on any atom is 0.486 e. The molecule has 0 heterocycles. The van der Waals surface area contributed by atoms with E-state index in [-0.39, 0.29) is 0 Å². The highest BCUT2D eigenvalue weighted by molar-refractivity contribution is 7.78. The second-order valence-electron chi connectivity index (χ2n) is 0.673. The number of thiol groups is 1. The van der Waals surface area contributed by atoms with Crippen LogP contribution in [0.15, 0.2) is 0 Å². The summed E-state index contributed by atoms with van der Waals surface area (Å²) in [7, 11) is -4.35. The lowest BCUT2D eigenvalue weighted by molar-refractivity contribution is 0.177. The quantitative estimate of drug-likeness (QED) is 0.238. The molecular formula is H4NO4PS. The first-order valence-corrected chi connectivity index (χ1v) is 3.17. The van der Waals surface area contributed by atoms with E-state index in [2.05, 4.69) is 17.4 Å². The minimum atomic E-state index is -4.35. The summed E-state index contributed by atoms with van der Waals surface area (Å²) < 4.78 is 13.1. The SMILES string of the molecule is O=P(O)(O)ONS. The zero-order valence-electron chi connectivity index (χ0n) is 3.11.